The van der Waals surface area contributed by atoms with Crippen LogP contribution in [-0.4, -0.2) is 37.2 Å². The van der Waals surface area contributed by atoms with Crippen LogP contribution in [-0.2, 0) is 28.6 Å². The number of allylic oxidation sites excluding steroid dienone is 18. The van der Waals surface area contributed by atoms with E-state index in [4.69, 9.17) is 14.2 Å². The average Bonchev–Trinajstić information content (AvgIpc) is 3.26. The Bertz CT molecular complexity index is 1290. The molecule has 0 fully saturated rings. The van der Waals surface area contributed by atoms with Crippen LogP contribution in [0.15, 0.2) is 109 Å². The molecule has 1 unspecified atom stereocenters. The van der Waals surface area contributed by atoms with Gasteiger partial charge in [0.2, 0.25) is 0 Å². The molecule has 0 aliphatic rings. The summed E-state index contributed by atoms with van der Waals surface area (Å²) in [6.07, 6.45) is 65.1. The lowest BCUT2D eigenvalue weighted by molar-refractivity contribution is -0.167. The van der Waals surface area contributed by atoms with E-state index < -0.39 is 6.10 Å². The summed E-state index contributed by atoms with van der Waals surface area (Å²) in [7, 11) is 0. The Morgan fingerprint density at radius 2 is 0.656 bits per heavy atom. The Kier molecular flexibility index (Phi) is 45.6. The largest absolute Gasteiger partial charge is 0.462 e. The summed E-state index contributed by atoms with van der Waals surface area (Å²) < 4.78 is 16.6. The minimum Gasteiger partial charge on any atom is -0.462 e. The first kappa shape index (κ1) is 57.1. The Morgan fingerprint density at radius 1 is 0.344 bits per heavy atom. The molecule has 0 spiro atoms. The van der Waals surface area contributed by atoms with Crippen molar-refractivity contribution in [1.82, 2.24) is 0 Å². The number of carbonyl (C=O) groups is 3. The summed E-state index contributed by atoms with van der Waals surface area (Å²) in [5, 5.41) is 0. The zero-order valence-corrected chi connectivity index (χ0v) is 39.1. The van der Waals surface area contributed by atoms with Crippen LogP contribution in [0.2, 0.25) is 0 Å². The van der Waals surface area contributed by atoms with Crippen LogP contribution < -0.4 is 0 Å². The molecule has 0 amide bonds. The highest BCUT2D eigenvalue weighted by Crippen LogP contribution is 2.11. The lowest BCUT2D eigenvalue weighted by atomic mass is 10.1. The van der Waals surface area contributed by atoms with E-state index in [9.17, 15) is 14.4 Å². The molecule has 0 heterocycles. The molecule has 0 aromatic heterocycles. The molecule has 0 saturated carbocycles. The molecular formula is C55H88O6. The van der Waals surface area contributed by atoms with Crippen LogP contribution in [0.5, 0.6) is 0 Å². The number of hydrogen-bond donors (Lipinski definition) is 0. The number of unbranched alkanes of at least 4 members (excludes halogenated alkanes) is 13. The SMILES string of the molecule is CC/C=C\C/C=C\C/C=C\CCCCCCC(=O)OC(COC(=O)CCC/C=C\C/C=C\C/C=C\CCCCCCCC)COC(=O)CCCC/C=C\C/C=C\C/C=C\CC. The van der Waals surface area contributed by atoms with Gasteiger partial charge in [-0.1, -0.05) is 175 Å². The third-order valence-electron chi connectivity index (χ3n) is 9.74. The second-order valence-corrected chi connectivity index (χ2v) is 15.6. The number of carbonyl (C=O) groups excluding carboxylic acids is 3. The summed E-state index contributed by atoms with van der Waals surface area (Å²) in [6, 6.07) is 0. The van der Waals surface area contributed by atoms with E-state index >= 15 is 0 Å². The maximum absolute atomic E-state index is 12.8. The van der Waals surface area contributed by atoms with Crippen molar-refractivity contribution in [2.24, 2.45) is 0 Å². The van der Waals surface area contributed by atoms with Crippen LogP contribution in [0.25, 0.3) is 0 Å². The van der Waals surface area contributed by atoms with E-state index in [1.165, 1.54) is 44.9 Å². The second-order valence-electron chi connectivity index (χ2n) is 15.6. The molecule has 0 aliphatic carbocycles. The van der Waals surface area contributed by atoms with Gasteiger partial charge in [-0.05, 0) is 116 Å². The summed E-state index contributed by atoms with van der Waals surface area (Å²) in [5.74, 6) is -1.05. The first-order valence-electron chi connectivity index (χ1n) is 24.4. The van der Waals surface area contributed by atoms with Crippen molar-refractivity contribution < 1.29 is 28.6 Å². The molecule has 0 saturated heterocycles. The smallest absolute Gasteiger partial charge is 0.306 e. The Hall–Kier alpha value is -3.93. The lowest BCUT2D eigenvalue weighted by Gasteiger charge is -2.18. The summed E-state index contributed by atoms with van der Waals surface area (Å²) in [5.41, 5.74) is 0. The molecular weight excluding hydrogens is 757 g/mol. The van der Waals surface area contributed by atoms with Gasteiger partial charge in [0, 0.05) is 19.3 Å². The van der Waals surface area contributed by atoms with Crippen molar-refractivity contribution >= 4 is 17.9 Å². The molecule has 0 aromatic rings. The molecule has 0 bridgehead atoms. The van der Waals surface area contributed by atoms with Gasteiger partial charge in [0.1, 0.15) is 13.2 Å². The minimum atomic E-state index is -0.826. The van der Waals surface area contributed by atoms with Crippen molar-refractivity contribution in [3.05, 3.63) is 109 Å². The molecule has 6 nitrogen and oxygen atoms in total. The average molecular weight is 845 g/mol. The van der Waals surface area contributed by atoms with E-state index in [-0.39, 0.29) is 44.0 Å². The normalized spacial score (nSPS) is 13.0. The fourth-order valence-electron chi connectivity index (χ4n) is 6.13. The zero-order chi connectivity index (χ0) is 44.4. The first-order chi connectivity index (χ1) is 30.0. The highest BCUT2D eigenvalue weighted by molar-refractivity contribution is 5.71. The first-order valence-corrected chi connectivity index (χ1v) is 24.4. The van der Waals surface area contributed by atoms with E-state index in [2.05, 4.69) is 130 Å². The molecule has 344 valence electrons. The maximum atomic E-state index is 12.8. The second kappa shape index (κ2) is 48.7. The van der Waals surface area contributed by atoms with Crippen LogP contribution in [0, 0.1) is 0 Å². The van der Waals surface area contributed by atoms with Gasteiger partial charge in [-0.25, -0.2) is 0 Å². The number of esters is 3. The monoisotopic (exact) mass is 845 g/mol. The van der Waals surface area contributed by atoms with Crippen molar-refractivity contribution in [3.63, 3.8) is 0 Å². The van der Waals surface area contributed by atoms with Crippen molar-refractivity contribution in [2.45, 2.75) is 207 Å². The molecule has 0 aliphatic heterocycles. The summed E-state index contributed by atoms with van der Waals surface area (Å²) in [6.45, 7) is 6.28. The molecule has 1 atom stereocenters. The van der Waals surface area contributed by atoms with Crippen LogP contribution in [0.1, 0.15) is 201 Å². The van der Waals surface area contributed by atoms with Crippen LogP contribution in [0.4, 0.5) is 0 Å². The predicted octanol–water partition coefficient (Wildman–Crippen LogP) is 16.0. The number of hydrogen-bond acceptors (Lipinski definition) is 6. The number of ether oxygens (including phenoxy) is 3. The van der Waals surface area contributed by atoms with Gasteiger partial charge in [-0.15, -0.1) is 0 Å². The van der Waals surface area contributed by atoms with Crippen molar-refractivity contribution in [1.29, 1.82) is 0 Å². The van der Waals surface area contributed by atoms with Gasteiger partial charge in [-0.2, -0.15) is 0 Å². The maximum Gasteiger partial charge on any atom is 0.306 e. The van der Waals surface area contributed by atoms with Crippen LogP contribution in [0.3, 0.4) is 0 Å². The number of rotatable bonds is 42. The van der Waals surface area contributed by atoms with Gasteiger partial charge >= 0.3 is 17.9 Å². The predicted molar refractivity (Wildman–Crippen MR) is 260 cm³/mol. The standard InChI is InChI=1S/C55H88O6/c1-4-7-10-13-16-19-22-25-27-28-29-31-33-36-39-42-45-48-54(57)60-51-52(50-59-53(56)47-44-41-38-35-32-24-21-18-15-12-9-6-3)61-55(58)49-46-43-40-37-34-30-26-23-20-17-14-11-8-5-2/h8-9,11-12,17-18,20-21,25-27,29-32,35-36,39,52H,4-7,10,13-16,19,22-24,28,33-34,37-38,40-51H2,1-3H3/b11-8-,12-9-,20-17-,21-18-,27-25-,30-26-,31-29-,35-32-,39-36-. The Balaban J connectivity index is 4.56. The van der Waals surface area contributed by atoms with Crippen molar-refractivity contribution in [3.8, 4) is 0 Å². The van der Waals surface area contributed by atoms with Gasteiger partial charge in [0.15, 0.2) is 6.10 Å². The third kappa shape index (κ3) is 47.0. The van der Waals surface area contributed by atoms with Gasteiger partial charge < -0.3 is 14.2 Å². The van der Waals surface area contributed by atoms with Gasteiger partial charge in [0.05, 0.1) is 0 Å². The van der Waals surface area contributed by atoms with Gasteiger partial charge in [0.25, 0.3) is 0 Å². The van der Waals surface area contributed by atoms with Crippen LogP contribution >= 0.6 is 0 Å². The van der Waals surface area contributed by atoms with Crippen molar-refractivity contribution in [2.75, 3.05) is 13.2 Å². The summed E-state index contributed by atoms with van der Waals surface area (Å²) >= 11 is 0. The Morgan fingerprint density at radius 3 is 1.10 bits per heavy atom. The topological polar surface area (TPSA) is 78.9 Å². The quantitative estimate of drug-likeness (QED) is 0.0264. The zero-order valence-electron chi connectivity index (χ0n) is 39.1. The van der Waals surface area contributed by atoms with Gasteiger partial charge in [-0.3, -0.25) is 14.4 Å². The van der Waals surface area contributed by atoms with E-state index in [1.807, 2.05) is 0 Å². The summed E-state index contributed by atoms with van der Waals surface area (Å²) in [4.78, 5) is 37.8. The molecule has 0 N–H and O–H groups in total. The fraction of sp³-hybridized carbons (Fsp3) is 0.618. The highest BCUT2D eigenvalue weighted by atomic mass is 16.6. The van der Waals surface area contributed by atoms with E-state index in [0.29, 0.717) is 19.3 Å². The molecule has 6 heteroatoms. The molecule has 0 aromatic carbocycles. The molecule has 0 radical (unpaired) electrons. The fourth-order valence-corrected chi connectivity index (χ4v) is 6.13. The third-order valence-corrected chi connectivity index (χ3v) is 9.74. The lowest BCUT2D eigenvalue weighted by Crippen LogP contribution is -2.30. The highest BCUT2D eigenvalue weighted by Gasteiger charge is 2.19. The van der Waals surface area contributed by atoms with E-state index in [1.54, 1.807) is 0 Å². The Labute approximate surface area is 374 Å². The minimum absolute atomic E-state index is 0.125. The molecule has 61 heavy (non-hydrogen) atoms. The molecule has 0 rings (SSSR count). The van der Waals surface area contributed by atoms with E-state index in [0.717, 1.165) is 103 Å².